The van der Waals surface area contributed by atoms with Crippen LogP contribution in [0.2, 0.25) is 0 Å². The molecule has 0 spiro atoms. The molecule has 1 unspecified atom stereocenters. The standard InChI is InChI=1S/C9H11F3N4OS/c1-5(18)7(17)15-2-3-16-6(4-15)13-14-8(16)9(10,11)12/h5,18H,2-4H2,1H3. The first kappa shape index (κ1) is 13.2. The van der Waals surface area contributed by atoms with Crippen molar-refractivity contribution in [3.63, 3.8) is 0 Å². The van der Waals surface area contributed by atoms with E-state index in [0.717, 1.165) is 4.57 Å². The Labute approximate surface area is 106 Å². The van der Waals surface area contributed by atoms with Crippen molar-refractivity contribution < 1.29 is 18.0 Å². The molecule has 0 bridgehead atoms. The van der Waals surface area contributed by atoms with Crippen LogP contribution in [0.25, 0.3) is 0 Å². The number of halogens is 3. The summed E-state index contributed by atoms with van der Waals surface area (Å²) in [6.07, 6.45) is -4.52. The van der Waals surface area contributed by atoms with E-state index in [1.807, 2.05) is 0 Å². The average Bonchev–Trinajstić information content (AvgIpc) is 2.69. The predicted octanol–water partition coefficient (Wildman–Crippen LogP) is 0.957. The molecule has 1 aromatic heterocycles. The number of nitrogens with zero attached hydrogens (tertiary/aromatic N) is 4. The summed E-state index contributed by atoms with van der Waals surface area (Å²) in [5.41, 5.74) is 0. The average molecular weight is 280 g/mol. The highest BCUT2D eigenvalue weighted by molar-refractivity contribution is 7.81. The number of rotatable bonds is 1. The van der Waals surface area contributed by atoms with Crippen LogP contribution in [0.5, 0.6) is 0 Å². The largest absolute Gasteiger partial charge is 0.451 e. The van der Waals surface area contributed by atoms with Gasteiger partial charge in [0, 0.05) is 13.1 Å². The summed E-state index contributed by atoms with van der Waals surface area (Å²) < 4.78 is 38.7. The Kier molecular flexibility index (Phi) is 3.26. The van der Waals surface area contributed by atoms with Crippen molar-refractivity contribution in [2.45, 2.75) is 31.4 Å². The third-order valence-corrected chi connectivity index (χ3v) is 2.90. The number of carbonyl (C=O) groups excluding carboxylic acids is 1. The lowest BCUT2D eigenvalue weighted by Crippen LogP contribution is -2.42. The van der Waals surface area contributed by atoms with E-state index in [9.17, 15) is 18.0 Å². The fraction of sp³-hybridized carbons (Fsp3) is 0.667. The first-order valence-electron chi connectivity index (χ1n) is 5.27. The molecule has 0 fully saturated rings. The van der Waals surface area contributed by atoms with Crippen molar-refractivity contribution in [1.82, 2.24) is 19.7 Å². The second kappa shape index (κ2) is 4.45. The summed E-state index contributed by atoms with van der Waals surface area (Å²) in [5.74, 6) is -1.08. The summed E-state index contributed by atoms with van der Waals surface area (Å²) >= 11 is 4.01. The second-order valence-electron chi connectivity index (χ2n) is 4.02. The number of aromatic nitrogens is 3. The molecular formula is C9H11F3N4OS. The lowest BCUT2D eigenvalue weighted by molar-refractivity contribution is -0.148. The third-order valence-electron chi connectivity index (χ3n) is 2.68. The molecular weight excluding hydrogens is 269 g/mol. The summed E-state index contributed by atoms with van der Waals surface area (Å²) in [7, 11) is 0. The lowest BCUT2D eigenvalue weighted by Gasteiger charge is -2.29. The molecule has 1 atom stereocenters. The van der Waals surface area contributed by atoms with E-state index in [1.165, 1.54) is 4.90 Å². The van der Waals surface area contributed by atoms with Gasteiger partial charge in [-0.3, -0.25) is 4.79 Å². The van der Waals surface area contributed by atoms with Crippen LogP contribution in [-0.4, -0.2) is 37.4 Å². The molecule has 1 aliphatic rings. The van der Waals surface area contributed by atoms with Gasteiger partial charge in [-0.2, -0.15) is 25.8 Å². The minimum Gasteiger partial charge on any atom is -0.332 e. The van der Waals surface area contributed by atoms with Gasteiger partial charge in [-0.15, -0.1) is 10.2 Å². The molecule has 1 amide bonds. The van der Waals surface area contributed by atoms with Crippen LogP contribution >= 0.6 is 12.6 Å². The summed E-state index contributed by atoms with van der Waals surface area (Å²) in [5, 5.41) is 6.14. The predicted molar refractivity (Wildman–Crippen MR) is 58.9 cm³/mol. The molecule has 0 radical (unpaired) electrons. The topological polar surface area (TPSA) is 51.0 Å². The van der Waals surface area contributed by atoms with E-state index < -0.39 is 17.3 Å². The molecule has 1 aliphatic heterocycles. The van der Waals surface area contributed by atoms with Gasteiger partial charge in [0.15, 0.2) is 5.82 Å². The van der Waals surface area contributed by atoms with Crippen LogP contribution in [0.4, 0.5) is 13.2 Å². The van der Waals surface area contributed by atoms with Crippen LogP contribution in [-0.2, 0) is 24.1 Å². The Morgan fingerprint density at radius 2 is 2.06 bits per heavy atom. The highest BCUT2D eigenvalue weighted by Crippen LogP contribution is 2.29. The molecule has 5 nitrogen and oxygen atoms in total. The number of alkyl halides is 3. The molecule has 9 heteroatoms. The fourth-order valence-electron chi connectivity index (χ4n) is 1.82. The summed E-state index contributed by atoms with van der Waals surface area (Å²) in [6, 6.07) is 0. The van der Waals surface area contributed by atoms with Crippen molar-refractivity contribution in [1.29, 1.82) is 0 Å². The number of carbonyl (C=O) groups is 1. The molecule has 2 rings (SSSR count). The Morgan fingerprint density at radius 1 is 1.39 bits per heavy atom. The van der Waals surface area contributed by atoms with Crippen molar-refractivity contribution >= 4 is 18.5 Å². The maximum Gasteiger partial charge on any atom is 0.451 e. The summed E-state index contributed by atoms with van der Waals surface area (Å²) in [6.45, 7) is 1.90. The third kappa shape index (κ3) is 2.31. The molecule has 18 heavy (non-hydrogen) atoms. The zero-order chi connectivity index (χ0) is 13.5. The number of amides is 1. The van der Waals surface area contributed by atoms with Gasteiger partial charge in [-0.25, -0.2) is 0 Å². The molecule has 0 aromatic carbocycles. The van der Waals surface area contributed by atoms with Gasteiger partial charge in [0.05, 0.1) is 11.8 Å². The Balaban J connectivity index is 2.23. The molecule has 0 aliphatic carbocycles. The van der Waals surface area contributed by atoms with Gasteiger partial charge >= 0.3 is 6.18 Å². The lowest BCUT2D eigenvalue weighted by atomic mass is 10.3. The number of hydrogen-bond donors (Lipinski definition) is 1. The molecule has 1 aromatic rings. The molecule has 0 saturated heterocycles. The first-order chi connectivity index (χ1) is 8.30. The van der Waals surface area contributed by atoms with E-state index in [0.29, 0.717) is 0 Å². The van der Waals surface area contributed by atoms with Gasteiger partial charge in [0.25, 0.3) is 0 Å². The quantitative estimate of drug-likeness (QED) is 0.780. The van der Waals surface area contributed by atoms with Gasteiger partial charge in [0.2, 0.25) is 11.7 Å². The number of fused-ring (bicyclic) bond motifs is 1. The van der Waals surface area contributed by atoms with E-state index in [4.69, 9.17) is 0 Å². The Bertz CT molecular complexity index is 471. The zero-order valence-corrected chi connectivity index (χ0v) is 10.4. The monoisotopic (exact) mass is 280 g/mol. The van der Waals surface area contributed by atoms with Crippen LogP contribution in [0, 0.1) is 0 Å². The number of hydrogen-bond acceptors (Lipinski definition) is 4. The number of thiol groups is 1. The minimum atomic E-state index is -4.52. The first-order valence-corrected chi connectivity index (χ1v) is 5.78. The SMILES string of the molecule is CC(S)C(=O)N1CCn2c(nnc2C(F)(F)F)C1. The Morgan fingerprint density at radius 3 is 2.61 bits per heavy atom. The second-order valence-corrected chi connectivity index (χ2v) is 4.80. The normalized spacial score (nSPS) is 17.5. The smallest absolute Gasteiger partial charge is 0.332 e. The minimum absolute atomic E-state index is 0.0345. The van der Waals surface area contributed by atoms with Gasteiger partial charge in [0.1, 0.15) is 0 Å². The maximum absolute atomic E-state index is 12.6. The van der Waals surface area contributed by atoms with E-state index in [1.54, 1.807) is 6.92 Å². The highest BCUT2D eigenvalue weighted by atomic mass is 32.1. The maximum atomic E-state index is 12.6. The fourth-order valence-corrected chi connectivity index (χ4v) is 1.98. The van der Waals surface area contributed by atoms with Crippen molar-refractivity contribution in [3.05, 3.63) is 11.6 Å². The zero-order valence-electron chi connectivity index (χ0n) is 9.48. The van der Waals surface area contributed by atoms with Gasteiger partial charge < -0.3 is 9.47 Å². The molecule has 100 valence electrons. The van der Waals surface area contributed by atoms with E-state index in [-0.39, 0.29) is 31.4 Å². The van der Waals surface area contributed by atoms with E-state index in [2.05, 4.69) is 22.8 Å². The van der Waals surface area contributed by atoms with Crippen molar-refractivity contribution in [2.24, 2.45) is 0 Å². The van der Waals surface area contributed by atoms with Crippen LogP contribution in [0.15, 0.2) is 0 Å². The summed E-state index contributed by atoms with van der Waals surface area (Å²) in [4.78, 5) is 13.1. The van der Waals surface area contributed by atoms with Gasteiger partial charge in [-0.1, -0.05) is 0 Å². The van der Waals surface area contributed by atoms with Crippen molar-refractivity contribution in [2.75, 3.05) is 6.54 Å². The van der Waals surface area contributed by atoms with Crippen molar-refractivity contribution in [3.8, 4) is 0 Å². The highest BCUT2D eigenvalue weighted by Gasteiger charge is 2.40. The molecule has 0 N–H and O–H groups in total. The van der Waals surface area contributed by atoms with Crippen LogP contribution < -0.4 is 0 Å². The molecule has 2 heterocycles. The van der Waals surface area contributed by atoms with Crippen LogP contribution in [0.3, 0.4) is 0 Å². The van der Waals surface area contributed by atoms with Gasteiger partial charge in [-0.05, 0) is 6.92 Å². The molecule has 0 saturated carbocycles. The van der Waals surface area contributed by atoms with Crippen LogP contribution in [0.1, 0.15) is 18.6 Å². The Hall–Kier alpha value is -1.25. The van der Waals surface area contributed by atoms with E-state index >= 15 is 0 Å².